The third-order valence-electron chi connectivity index (χ3n) is 4.95. The topological polar surface area (TPSA) is 71.8 Å². The molecule has 1 amide bonds. The number of halogens is 3. The predicted octanol–water partition coefficient (Wildman–Crippen LogP) is 5.40. The van der Waals surface area contributed by atoms with Gasteiger partial charge >= 0.3 is 0 Å². The van der Waals surface area contributed by atoms with Crippen molar-refractivity contribution >= 4 is 51.8 Å². The van der Waals surface area contributed by atoms with Crippen molar-refractivity contribution in [1.82, 2.24) is 19.9 Å². The summed E-state index contributed by atoms with van der Waals surface area (Å²) in [6, 6.07) is 11.5. The lowest BCUT2D eigenvalue weighted by molar-refractivity contribution is 0.0946. The highest BCUT2D eigenvalue weighted by atomic mass is 35.5. The van der Waals surface area contributed by atoms with E-state index in [4.69, 9.17) is 23.2 Å². The molecule has 2 heterocycles. The van der Waals surface area contributed by atoms with Crippen molar-refractivity contribution < 1.29 is 9.18 Å². The van der Waals surface area contributed by atoms with Crippen LogP contribution in [0.1, 0.15) is 21.6 Å². The van der Waals surface area contributed by atoms with Crippen LogP contribution < -0.4 is 10.6 Å². The standard InChI is InChI=1S/C22H18Cl2FN5O/c1-12-5-4-8-26-18(12)11-27-21(31)13-9-17-19(10-16(13)25)30(2)22(28-17)29-20-14(23)6-3-7-15(20)24/h3-10H,11H2,1-2H3,(H,27,31)(H,28,29). The molecule has 2 N–H and O–H groups in total. The SMILES string of the molecule is Cc1cccnc1CNC(=O)c1cc2nc(Nc3c(Cl)cccc3Cl)n(C)c2cc1F. The number of aryl methyl sites for hydroxylation is 2. The number of anilines is 2. The Labute approximate surface area is 188 Å². The summed E-state index contributed by atoms with van der Waals surface area (Å²) in [4.78, 5) is 21.3. The molecule has 0 radical (unpaired) electrons. The summed E-state index contributed by atoms with van der Waals surface area (Å²) in [5.74, 6) is -0.780. The number of rotatable bonds is 5. The van der Waals surface area contributed by atoms with Gasteiger partial charge in [0.25, 0.3) is 5.91 Å². The van der Waals surface area contributed by atoms with Crippen molar-refractivity contribution in [3.8, 4) is 0 Å². The molecule has 0 atom stereocenters. The van der Waals surface area contributed by atoms with Gasteiger partial charge in [0.05, 0.1) is 44.6 Å². The average Bonchev–Trinajstić information content (AvgIpc) is 3.04. The molecular weight excluding hydrogens is 440 g/mol. The first-order valence-corrected chi connectivity index (χ1v) is 10.2. The molecule has 0 saturated heterocycles. The highest BCUT2D eigenvalue weighted by Crippen LogP contribution is 2.33. The van der Waals surface area contributed by atoms with Crippen molar-refractivity contribution in [3.63, 3.8) is 0 Å². The summed E-state index contributed by atoms with van der Waals surface area (Å²) < 4.78 is 16.4. The molecule has 4 aromatic rings. The molecule has 0 aliphatic rings. The van der Waals surface area contributed by atoms with E-state index in [0.717, 1.165) is 11.3 Å². The van der Waals surface area contributed by atoms with Gasteiger partial charge in [0.1, 0.15) is 5.82 Å². The van der Waals surface area contributed by atoms with Gasteiger partial charge in [0, 0.05) is 19.3 Å². The van der Waals surface area contributed by atoms with E-state index in [2.05, 4.69) is 20.6 Å². The number of hydrogen-bond acceptors (Lipinski definition) is 4. The molecular formula is C22H18Cl2FN5O. The number of carbonyl (C=O) groups excluding carboxylic acids is 1. The van der Waals surface area contributed by atoms with Crippen LogP contribution in [-0.2, 0) is 13.6 Å². The third-order valence-corrected chi connectivity index (χ3v) is 5.58. The molecule has 6 nitrogen and oxygen atoms in total. The van der Waals surface area contributed by atoms with Crippen molar-refractivity contribution in [2.75, 3.05) is 5.32 Å². The lowest BCUT2D eigenvalue weighted by atomic mass is 10.1. The van der Waals surface area contributed by atoms with E-state index >= 15 is 0 Å². The van der Waals surface area contributed by atoms with Gasteiger partial charge in [-0.1, -0.05) is 35.3 Å². The smallest absolute Gasteiger partial charge is 0.254 e. The number of nitrogens with zero attached hydrogens (tertiary/aromatic N) is 3. The van der Waals surface area contributed by atoms with Gasteiger partial charge in [-0.2, -0.15) is 0 Å². The number of hydrogen-bond donors (Lipinski definition) is 2. The quantitative estimate of drug-likeness (QED) is 0.420. The van der Waals surface area contributed by atoms with E-state index in [-0.39, 0.29) is 12.1 Å². The molecule has 0 saturated carbocycles. The van der Waals surface area contributed by atoms with E-state index in [1.807, 2.05) is 19.1 Å². The number of nitrogens with one attached hydrogen (secondary N) is 2. The second-order valence-corrected chi connectivity index (χ2v) is 7.80. The Bertz CT molecular complexity index is 1280. The first kappa shape index (κ1) is 21.1. The second kappa shape index (κ2) is 8.53. The van der Waals surface area contributed by atoms with E-state index < -0.39 is 11.7 Å². The minimum absolute atomic E-state index is 0.0958. The summed E-state index contributed by atoms with van der Waals surface area (Å²) in [5.41, 5.74) is 3.03. The van der Waals surface area contributed by atoms with Crippen LogP contribution in [0.25, 0.3) is 11.0 Å². The first-order valence-electron chi connectivity index (χ1n) is 9.41. The van der Waals surface area contributed by atoms with Gasteiger partial charge in [-0.25, -0.2) is 9.37 Å². The largest absolute Gasteiger partial charge is 0.346 e. The zero-order valence-electron chi connectivity index (χ0n) is 16.7. The van der Waals surface area contributed by atoms with Crippen molar-refractivity contribution in [1.29, 1.82) is 0 Å². The zero-order valence-corrected chi connectivity index (χ0v) is 18.2. The van der Waals surface area contributed by atoms with E-state index in [9.17, 15) is 9.18 Å². The van der Waals surface area contributed by atoms with Crippen LogP contribution in [-0.4, -0.2) is 20.4 Å². The maximum Gasteiger partial charge on any atom is 0.254 e. The summed E-state index contributed by atoms with van der Waals surface area (Å²) in [5, 5.41) is 6.64. The molecule has 4 rings (SSSR count). The van der Waals surface area contributed by atoms with E-state index in [1.54, 1.807) is 36.0 Å². The minimum atomic E-state index is -0.645. The Morgan fingerprint density at radius 2 is 1.90 bits per heavy atom. The maximum absolute atomic E-state index is 14.7. The molecule has 0 spiro atoms. The lowest BCUT2D eigenvalue weighted by Gasteiger charge is -2.10. The monoisotopic (exact) mass is 457 g/mol. The molecule has 158 valence electrons. The molecule has 31 heavy (non-hydrogen) atoms. The molecule has 0 fully saturated rings. The Kier molecular flexibility index (Phi) is 5.80. The minimum Gasteiger partial charge on any atom is -0.346 e. The van der Waals surface area contributed by atoms with Crippen LogP contribution in [0.15, 0.2) is 48.7 Å². The number of benzene rings is 2. The van der Waals surface area contributed by atoms with Gasteiger partial charge in [0.15, 0.2) is 0 Å². The number of amides is 1. The number of para-hydroxylation sites is 1. The molecule has 0 bridgehead atoms. The molecule has 9 heteroatoms. The van der Waals surface area contributed by atoms with Gasteiger partial charge in [-0.3, -0.25) is 9.78 Å². The number of pyridine rings is 1. The van der Waals surface area contributed by atoms with Crippen LogP contribution in [0.5, 0.6) is 0 Å². The Hall–Kier alpha value is -3.16. The molecule has 2 aromatic heterocycles. The van der Waals surface area contributed by atoms with Crippen LogP contribution in [0.2, 0.25) is 10.0 Å². The van der Waals surface area contributed by atoms with Crippen molar-refractivity contribution in [2.45, 2.75) is 13.5 Å². The number of carbonyl (C=O) groups is 1. The fourth-order valence-corrected chi connectivity index (χ4v) is 3.68. The molecule has 0 aliphatic carbocycles. The summed E-state index contributed by atoms with van der Waals surface area (Å²) in [6.07, 6.45) is 1.65. The Morgan fingerprint density at radius 3 is 2.61 bits per heavy atom. The van der Waals surface area contributed by atoms with E-state index in [0.29, 0.717) is 32.7 Å². The summed E-state index contributed by atoms with van der Waals surface area (Å²) >= 11 is 12.4. The summed E-state index contributed by atoms with van der Waals surface area (Å²) in [7, 11) is 1.73. The highest BCUT2D eigenvalue weighted by molar-refractivity contribution is 6.39. The maximum atomic E-state index is 14.7. The van der Waals surface area contributed by atoms with Crippen molar-refractivity contribution in [2.24, 2.45) is 7.05 Å². The van der Waals surface area contributed by atoms with Crippen LogP contribution in [0.3, 0.4) is 0 Å². The molecule has 2 aromatic carbocycles. The first-order chi connectivity index (χ1) is 14.8. The van der Waals surface area contributed by atoms with Crippen LogP contribution in [0.4, 0.5) is 16.0 Å². The third kappa shape index (κ3) is 4.19. The second-order valence-electron chi connectivity index (χ2n) is 6.99. The number of aromatic nitrogens is 3. The zero-order chi connectivity index (χ0) is 22.1. The van der Waals surface area contributed by atoms with Crippen molar-refractivity contribution in [3.05, 3.63) is 81.3 Å². The van der Waals surface area contributed by atoms with E-state index in [1.165, 1.54) is 12.1 Å². The normalized spacial score (nSPS) is 11.0. The van der Waals surface area contributed by atoms with Gasteiger partial charge in [-0.05, 0) is 36.8 Å². The average molecular weight is 458 g/mol. The number of imidazole rings is 1. The Balaban J connectivity index is 1.62. The fraction of sp³-hybridized carbons (Fsp3) is 0.136. The summed E-state index contributed by atoms with van der Waals surface area (Å²) in [6.45, 7) is 2.10. The van der Waals surface area contributed by atoms with Gasteiger partial charge in [-0.15, -0.1) is 0 Å². The van der Waals surface area contributed by atoms with Crippen LogP contribution in [0, 0.1) is 12.7 Å². The number of fused-ring (bicyclic) bond motifs is 1. The Morgan fingerprint density at radius 1 is 1.16 bits per heavy atom. The fourth-order valence-electron chi connectivity index (χ4n) is 3.19. The predicted molar refractivity (Wildman–Crippen MR) is 121 cm³/mol. The molecule has 0 unspecified atom stereocenters. The van der Waals surface area contributed by atoms with Crippen LogP contribution >= 0.6 is 23.2 Å². The lowest BCUT2D eigenvalue weighted by Crippen LogP contribution is -2.24. The molecule has 0 aliphatic heterocycles. The highest BCUT2D eigenvalue weighted by Gasteiger charge is 2.18. The van der Waals surface area contributed by atoms with Gasteiger partial charge < -0.3 is 15.2 Å². The van der Waals surface area contributed by atoms with Gasteiger partial charge in [0.2, 0.25) is 5.95 Å².